The third-order valence-electron chi connectivity index (χ3n) is 3.64. The molecule has 2 heterocycles. The highest BCUT2D eigenvalue weighted by atomic mass is 16.7. The zero-order valence-electron chi connectivity index (χ0n) is 11.4. The van der Waals surface area contributed by atoms with Crippen LogP contribution in [0.3, 0.4) is 0 Å². The van der Waals surface area contributed by atoms with Crippen molar-refractivity contribution >= 4 is 12.7 Å². The van der Waals surface area contributed by atoms with Crippen LogP contribution in [-0.4, -0.2) is 23.3 Å². The highest BCUT2D eigenvalue weighted by Gasteiger charge is 2.52. The average Bonchev–Trinajstić information content (AvgIpc) is 2.57. The molecule has 0 spiro atoms. The van der Waals surface area contributed by atoms with Crippen LogP contribution in [0.25, 0.3) is 0 Å². The van der Waals surface area contributed by atoms with Crippen molar-refractivity contribution in [1.82, 2.24) is 4.98 Å². The van der Waals surface area contributed by atoms with Crippen molar-refractivity contribution in [2.24, 2.45) is 0 Å². The Morgan fingerprint density at radius 1 is 1.05 bits per heavy atom. The molecular weight excluding hydrogens is 241 g/mol. The van der Waals surface area contributed by atoms with Crippen molar-refractivity contribution in [3.8, 4) is 12.1 Å². The Morgan fingerprint density at radius 2 is 1.63 bits per heavy atom. The molecule has 0 amide bonds. The maximum absolute atomic E-state index is 8.98. The molecule has 0 unspecified atom stereocenters. The van der Waals surface area contributed by atoms with Gasteiger partial charge in [0, 0.05) is 0 Å². The van der Waals surface area contributed by atoms with Gasteiger partial charge in [0.25, 0.3) is 0 Å². The Balaban J connectivity index is 2.36. The summed E-state index contributed by atoms with van der Waals surface area (Å²) in [6.45, 7) is 7.79. The van der Waals surface area contributed by atoms with Crippen molar-refractivity contribution < 1.29 is 9.31 Å². The molecule has 1 aromatic rings. The molecule has 0 saturated carbocycles. The van der Waals surface area contributed by atoms with Gasteiger partial charge in [0.05, 0.1) is 22.4 Å². The van der Waals surface area contributed by atoms with Crippen molar-refractivity contribution in [2.75, 3.05) is 0 Å². The monoisotopic (exact) mass is 255 g/mol. The van der Waals surface area contributed by atoms with Crippen LogP contribution in [0.2, 0.25) is 0 Å². The fourth-order valence-corrected chi connectivity index (χ4v) is 1.74. The summed E-state index contributed by atoms with van der Waals surface area (Å²) in [7, 11) is -0.621. The van der Waals surface area contributed by atoms with E-state index in [0.29, 0.717) is 5.59 Å². The van der Waals surface area contributed by atoms with E-state index in [9.17, 15) is 0 Å². The lowest BCUT2D eigenvalue weighted by molar-refractivity contribution is 0.00578. The van der Waals surface area contributed by atoms with Gasteiger partial charge < -0.3 is 9.31 Å². The summed E-state index contributed by atoms with van der Waals surface area (Å²) >= 11 is 0. The summed E-state index contributed by atoms with van der Waals surface area (Å²) in [6, 6.07) is 7.05. The first-order chi connectivity index (χ1) is 8.80. The van der Waals surface area contributed by atoms with Crippen molar-refractivity contribution in [2.45, 2.75) is 38.9 Å². The van der Waals surface area contributed by atoms with E-state index in [0.717, 1.165) is 0 Å². The van der Waals surface area contributed by atoms with Crippen molar-refractivity contribution in [1.29, 1.82) is 10.5 Å². The van der Waals surface area contributed by atoms with Gasteiger partial charge in [-0.1, -0.05) is 0 Å². The quantitative estimate of drug-likeness (QED) is 0.702. The van der Waals surface area contributed by atoms with Crippen LogP contribution in [0.4, 0.5) is 0 Å². The highest BCUT2D eigenvalue weighted by molar-refractivity contribution is 6.61. The van der Waals surface area contributed by atoms with Crippen LogP contribution in [0.1, 0.15) is 39.0 Å². The molecule has 0 aromatic carbocycles. The number of nitriles is 2. The van der Waals surface area contributed by atoms with Crippen LogP contribution in [0.5, 0.6) is 0 Å². The Hall–Kier alpha value is -1.89. The topological polar surface area (TPSA) is 78.9 Å². The molecule has 1 saturated heterocycles. The molecule has 1 fully saturated rings. The smallest absolute Gasteiger partial charge is 0.398 e. The molecular formula is C13H14BN3O2. The van der Waals surface area contributed by atoms with Crippen LogP contribution in [-0.2, 0) is 9.31 Å². The van der Waals surface area contributed by atoms with E-state index in [4.69, 9.17) is 19.8 Å². The van der Waals surface area contributed by atoms with Gasteiger partial charge in [0.2, 0.25) is 0 Å². The summed E-state index contributed by atoms with van der Waals surface area (Å²) < 4.78 is 11.7. The lowest BCUT2D eigenvalue weighted by atomic mass is 9.83. The lowest BCUT2D eigenvalue weighted by Gasteiger charge is -2.32. The minimum atomic E-state index is -0.621. The van der Waals surface area contributed by atoms with Gasteiger partial charge in [-0.05, 0) is 39.8 Å². The van der Waals surface area contributed by atoms with Gasteiger partial charge in [-0.2, -0.15) is 10.5 Å². The van der Waals surface area contributed by atoms with Gasteiger partial charge in [-0.25, -0.2) is 4.98 Å². The number of hydrogen-bond acceptors (Lipinski definition) is 5. The van der Waals surface area contributed by atoms with Gasteiger partial charge in [-0.15, -0.1) is 0 Å². The van der Waals surface area contributed by atoms with Gasteiger partial charge >= 0.3 is 7.12 Å². The molecule has 5 nitrogen and oxygen atoms in total. The number of hydrogen-bond donors (Lipinski definition) is 0. The molecule has 96 valence electrons. The van der Waals surface area contributed by atoms with Crippen molar-refractivity contribution in [3.05, 3.63) is 23.4 Å². The second kappa shape index (κ2) is 4.34. The SMILES string of the molecule is CC1(C)OB(c2ccc(C#N)c(C#N)n2)OC1(C)C. The van der Waals surface area contributed by atoms with E-state index in [1.807, 2.05) is 39.8 Å². The number of aromatic nitrogens is 1. The van der Waals surface area contributed by atoms with E-state index in [-0.39, 0.29) is 11.3 Å². The summed E-state index contributed by atoms with van der Waals surface area (Å²) in [5.41, 5.74) is -0.0632. The van der Waals surface area contributed by atoms with E-state index < -0.39 is 18.3 Å². The van der Waals surface area contributed by atoms with Crippen molar-refractivity contribution in [3.63, 3.8) is 0 Å². The third-order valence-corrected chi connectivity index (χ3v) is 3.64. The second-order valence-corrected chi connectivity index (χ2v) is 5.44. The maximum atomic E-state index is 8.98. The molecule has 6 heteroatoms. The number of rotatable bonds is 1. The van der Waals surface area contributed by atoms with E-state index in [2.05, 4.69) is 4.98 Å². The molecule has 0 N–H and O–H groups in total. The molecule has 0 bridgehead atoms. The molecule has 1 aliphatic rings. The van der Waals surface area contributed by atoms with Crippen LogP contribution >= 0.6 is 0 Å². The largest absolute Gasteiger partial charge is 0.514 e. The first-order valence-electron chi connectivity index (χ1n) is 5.97. The molecule has 19 heavy (non-hydrogen) atoms. The standard InChI is InChI=1S/C13H14BN3O2/c1-12(2)13(3,4)19-14(18-12)11-6-5-9(7-15)10(8-16)17-11/h5-6H,1-4H3. The van der Waals surface area contributed by atoms with Crippen LogP contribution < -0.4 is 5.59 Å². The van der Waals surface area contributed by atoms with Gasteiger partial charge in [0.1, 0.15) is 12.1 Å². The predicted molar refractivity (Wildman–Crippen MR) is 69.4 cm³/mol. The Kier molecular flexibility index (Phi) is 3.10. The zero-order chi connectivity index (χ0) is 14.3. The summed E-state index contributed by atoms with van der Waals surface area (Å²) in [5, 5.41) is 17.8. The molecule has 2 rings (SSSR count). The molecule has 0 atom stereocenters. The Bertz CT molecular complexity index is 583. The normalized spacial score (nSPS) is 19.8. The number of nitrogens with zero attached hydrogens (tertiary/aromatic N) is 3. The van der Waals surface area contributed by atoms with Gasteiger partial charge in [-0.3, -0.25) is 0 Å². The molecule has 0 radical (unpaired) electrons. The zero-order valence-corrected chi connectivity index (χ0v) is 11.4. The van der Waals surface area contributed by atoms with E-state index in [1.165, 1.54) is 0 Å². The van der Waals surface area contributed by atoms with E-state index in [1.54, 1.807) is 12.1 Å². The van der Waals surface area contributed by atoms with E-state index >= 15 is 0 Å². The summed E-state index contributed by atoms with van der Waals surface area (Å²) in [4.78, 5) is 4.14. The first-order valence-corrected chi connectivity index (χ1v) is 5.97. The minimum absolute atomic E-state index is 0.0923. The molecule has 0 aliphatic carbocycles. The average molecular weight is 255 g/mol. The maximum Gasteiger partial charge on any atom is 0.514 e. The summed E-state index contributed by atoms with van der Waals surface area (Å²) in [6.07, 6.45) is 0. The summed E-state index contributed by atoms with van der Waals surface area (Å²) in [5.74, 6) is 0. The van der Waals surface area contributed by atoms with Crippen LogP contribution in [0.15, 0.2) is 12.1 Å². The fraction of sp³-hybridized carbons (Fsp3) is 0.462. The minimum Gasteiger partial charge on any atom is -0.398 e. The third kappa shape index (κ3) is 2.21. The first kappa shape index (κ1) is 13.5. The predicted octanol–water partition coefficient (Wildman–Crippen LogP) is 1.12. The molecule has 1 aromatic heterocycles. The Labute approximate surface area is 112 Å². The number of pyridine rings is 1. The Morgan fingerprint density at radius 3 is 2.11 bits per heavy atom. The second-order valence-electron chi connectivity index (χ2n) is 5.44. The molecule has 1 aliphatic heterocycles. The lowest BCUT2D eigenvalue weighted by Crippen LogP contribution is -2.41. The highest BCUT2D eigenvalue weighted by Crippen LogP contribution is 2.36. The van der Waals surface area contributed by atoms with Gasteiger partial charge in [0.15, 0.2) is 5.69 Å². The fourth-order valence-electron chi connectivity index (χ4n) is 1.74. The van der Waals surface area contributed by atoms with Crippen LogP contribution in [0, 0.1) is 22.7 Å².